The summed E-state index contributed by atoms with van der Waals surface area (Å²) < 4.78 is 10.9. The van der Waals surface area contributed by atoms with Crippen LogP contribution in [-0.2, 0) is 24.3 Å². The van der Waals surface area contributed by atoms with Gasteiger partial charge in [-0.25, -0.2) is 0 Å². The second-order valence-corrected chi connectivity index (χ2v) is 8.57. The molecular weight excluding hydrogens is 428 g/mol. The van der Waals surface area contributed by atoms with Crippen molar-refractivity contribution in [1.29, 1.82) is 0 Å². The Morgan fingerprint density at radius 3 is 2.47 bits per heavy atom. The summed E-state index contributed by atoms with van der Waals surface area (Å²) in [5.41, 5.74) is 2.28. The van der Waals surface area contributed by atoms with Gasteiger partial charge in [-0.1, -0.05) is 48.5 Å². The molecule has 2 amide bonds. The van der Waals surface area contributed by atoms with Gasteiger partial charge in [-0.3, -0.25) is 9.59 Å². The monoisotopic (exact) mass is 458 g/mol. The Hall–Kier alpha value is -3.80. The molecule has 3 aromatic rings. The molecule has 0 saturated carbocycles. The lowest BCUT2D eigenvalue weighted by Crippen LogP contribution is -2.62. The quantitative estimate of drug-likeness (QED) is 0.544. The maximum absolute atomic E-state index is 13.6. The number of rotatable bonds is 8. The van der Waals surface area contributed by atoms with Crippen molar-refractivity contribution in [2.75, 3.05) is 13.7 Å². The molecule has 0 bridgehead atoms. The van der Waals surface area contributed by atoms with Crippen molar-refractivity contribution in [2.24, 2.45) is 0 Å². The molecule has 0 saturated heterocycles. The van der Waals surface area contributed by atoms with E-state index in [-0.39, 0.29) is 11.8 Å². The first-order chi connectivity index (χ1) is 16.5. The molecular formula is C28H30N2O4. The third-order valence-electron chi connectivity index (χ3n) is 6.32. The standard InChI is InChI=1S/C28H30N2O4/c1-4-34-23-15-13-20(14-16-23)19-30-26(31)24-11-7-5-9-21(24)17-28(30,2)27(32)29-18-22-10-6-8-12-25(22)33-3/h5-16H,4,17-19H2,1-3H3,(H,29,32). The van der Waals surface area contributed by atoms with Crippen LogP contribution in [0.3, 0.4) is 0 Å². The number of hydrogen-bond acceptors (Lipinski definition) is 4. The van der Waals surface area contributed by atoms with E-state index in [1.807, 2.05) is 86.6 Å². The van der Waals surface area contributed by atoms with Gasteiger partial charge in [-0.05, 0) is 49.2 Å². The Balaban J connectivity index is 1.62. The minimum Gasteiger partial charge on any atom is -0.496 e. The zero-order valence-electron chi connectivity index (χ0n) is 19.8. The number of methoxy groups -OCH3 is 1. The van der Waals surface area contributed by atoms with E-state index >= 15 is 0 Å². The molecule has 34 heavy (non-hydrogen) atoms. The van der Waals surface area contributed by atoms with Crippen LogP contribution in [0.4, 0.5) is 0 Å². The number of hydrogen-bond donors (Lipinski definition) is 1. The van der Waals surface area contributed by atoms with Gasteiger partial charge in [-0.2, -0.15) is 0 Å². The Bertz CT molecular complexity index is 1180. The lowest BCUT2D eigenvalue weighted by Gasteiger charge is -2.44. The van der Waals surface area contributed by atoms with Crippen LogP contribution in [0.2, 0.25) is 0 Å². The van der Waals surface area contributed by atoms with Crippen LogP contribution in [0.1, 0.15) is 40.9 Å². The molecule has 6 heteroatoms. The molecule has 1 N–H and O–H groups in total. The highest BCUT2D eigenvalue weighted by atomic mass is 16.5. The van der Waals surface area contributed by atoms with Crippen molar-refractivity contribution in [1.82, 2.24) is 10.2 Å². The predicted molar refractivity (Wildman–Crippen MR) is 131 cm³/mol. The van der Waals surface area contributed by atoms with Crippen LogP contribution in [0.25, 0.3) is 0 Å². The van der Waals surface area contributed by atoms with Gasteiger partial charge in [0.1, 0.15) is 17.0 Å². The second kappa shape index (κ2) is 10.00. The summed E-state index contributed by atoms with van der Waals surface area (Å²) in [6.45, 7) is 4.99. The number of amides is 2. The van der Waals surface area contributed by atoms with Gasteiger partial charge in [-0.15, -0.1) is 0 Å². The van der Waals surface area contributed by atoms with Crippen LogP contribution in [0.15, 0.2) is 72.8 Å². The SMILES string of the molecule is CCOc1ccc(CN2C(=O)c3ccccc3CC2(C)C(=O)NCc2ccccc2OC)cc1. The number of carbonyl (C=O) groups excluding carboxylic acids is 2. The summed E-state index contributed by atoms with van der Waals surface area (Å²) >= 11 is 0. The Morgan fingerprint density at radius 2 is 1.74 bits per heavy atom. The Labute approximate surface area is 200 Å². The number of carbonyl (C=O) groups is 2. The average molecular weight is 459 g/mol. The lowest BCUT2D eigenvalue weighted by atomic mass is 9.82. The smallest absolute Gasteiger partial charge is 0.255 e. The van der Waals surface area contributed by atoms with Gasteiger partial charge in [0.05, 0.1) is 13.7 Å². The fourth-order valence-corrected chi connectivity index (χ4v) is 4.42. The summed E-state index contributed by atoms with van der Waals surface area (Å²) in [6.07, 6.45) is 0.434. The molecule has 6 nitrogen and oxygen atoms in total. The molecule has 3 aromatic carbocycles. The van der Waals surface area contributed by atoms with E-state index in [2.05, 4.69) is 5.32 Å². The van der Waals surface area contributed by atoms with E-state index in [1.165, 1.54) is 0 Å². The molecule has 0 aliphatic carbocycles. The normalized spacial score (nSPS) is 17.1. The highest BCUT2D eigenvalue weighted by Crippen LogP contribution is 2.33. The molecule has 0 aromatic heterocycles. The molecule has 0 spiro atoms. The van der Waals surface area contributed by atoms with Crippen molar-refractivity contribution in [3.8, 4) is 11.5 Å². The zero-order chi connectivity index (χ0) is 24.1. The fraction of sp³-hybridized carbons (Fsp3) is 0.286. The predicted octanol–water partition coefficient (Wildman–Crippen LogP) is 4.37. The van der Waals surface area contributed by atoms with Gasteiger partial charge >= 0.3 is 0 Å². The van der Waals surface area contributed by atoms with E-state index in [0.29, 0.717) is 37.4 Å². The molecule has 1 aliphatic heterocycles. The minimum absolute atomic E-state index is 0.148. The van der Waals surface area contributed by atoms with Crippen molar-refractivity contribution in [2.45, 2.75) is 38.9 Å². The number of fused-ring (bicyclic) bond motifs is 1. The fourth-order valence-electron chi connectivity index (χ4n) is 4.42. The molecule has 4 rings (SSSR count). The van der Waals surface area contributed by atoms with Crippen LogP contribution in [0.5, 0.6) is 11.5 Å². The molecule has 1 unspecified atom stereocenters. The number of benzene rings is 3. The number of para-hydroxylation sites is 1. The number of nitrogens with zero attached hydrogens (tertiary/aromatic N) is 1. The first-order valence-corrected chi connectivity index (χ1v) is 11.5. The van der Waals surface area contributed by atoms with E-state index < -0.39 is 5.54 Å². The van der Waals surface area contributed by atoms with Crippen molar-refractivity contribution < 1.29 is 19.1 Å². The number of nitrogens with one attached hydrogen (secondary N) is 1. The van der Waals surface area contributed by atoms with Crippen LogP contribution in [-0.4, -0.2) is 36.0 Å². The van der Waals surface area contributed by atoms with E-state index in [0.717, 1.165) is 22.4 Å². The van der Waals surface area contributed by atoms with Gasteiger partial charge in [0.2, 0.25) is 5.91 Å². The Morgan fingerprint density at radius 1 is 1.03 bits per heavy atom. The van der Waals surface area contributed by atoms with Crippen molar-refractivity contribution in [3.63, 3.8) is 0 Å². The maximum Gasteiger partial charge on any atom is 0.255 e. The van der Waals surface area contributed by atoms with Crippen molar-refractivity contribution in [3.05, 3.63) is 95.1 Å². The number of ether oxygens (including phenoxy) is 2. The first kappa shape index (κ1) is 23.4. The van der Waals surface area contributed by atoms with Gasteiger partial charge in [0.25, 0.3) is 5.91 Å². The Kier molecular flexibility index (Phi) is 6.87. The van der Waals surface area contributed by atoms with Crippen LogP contribution >= 0.6 is 0 Å². The van der Waals surface area contributed by atoms with Crippen LogP contribution < -0.4 is 14.8 Å². The van der Waals surface area contributed by atoms with Gasteiger partial charge < -0.3 is 19.7 Å². The van der Waals surface area contributed by atoms with E-state index in [1.54, 1.807) is 12.0 Å². The summed E-state index contributed by atoms with van der Waals surface area (Å²) in [7, 11) is 1.61. The zero-order valence-corrected chi connectivity index (χ0v) is 19.8. The third-order valence-corrected chi connectivity index (χ3v) is 6.32. The highest BCUT2D eigenvalue weighted by molar-refractivity contribution is 6.02. The maximum atomic E-state index is 13.6. The molecule has 1 heterocycles. The summed E-state index contributed by atoms with van der Waals surface area (Å²) in [4.78, 5) is 28.9. The largest absolute Gasteiger partial charge is 0.496 e. The lowest BCUT2D eigenvalue weighted by molar-refractivity contribution is -0.132. The average Bonchev–Trinajstić information content (AvgIpc) is 2.86. The highest BCUT2D eigenvalue weighted by Gasteiger charge is 2.46. The third kappa shape index (κ3) is 4.62. The second-order valence-electron chi connectivity index (χ2n) is 8.57. The van der Waals surface area contributed by atoms with Crippen LogP contribution in [0, 0.1) is 0 Å². The van der Waals surface area contributed by atoms with Crippen molar-refractivity contribution >= 4 is 11.8 Å². The summed E-state index contributed by atoms with van der Waals surface area (Å²) in [5, 5.41) is 3.04. The topological polar surface area (TPSA) is 67.9 Å². The molecule has 1 atom stereocenters. The summed E-state index contributed by atoms with van der Waals surface area (Å²) in [5.74, 6) is 1.14. The van der Waals surface area contributed by atoms with Gasteiger partial charge in [0, 0.05) is 30.6 Å². The summed E-state index contributed by atoms with van der Waals surface area (Å²) in [6, 6.07) is 22.7. The van der Waals surface area contributed by atoms with E-state index in [4.69, 9.17) is 9.47 Å². The molecule has 176 valence electrons. The molecule has 1 aliphatic rings. The van der Waals surface area contributed by atoms with Gasteiger partial charge in [0.15, 0.2) is 0 Å². The first-order valence-electron chi connectivity index (χ1n) is 11.5. The molecule has 0 radical (unpaired) electrons. The molecule has 0 fully saturated rings. The van der Waals surface area contributed by atoms with E-state index in [9.17, 15) is 9.59 Å². The minimum atomic E-state index is -1.05.